The maximum atomic E-state index is 12.5. The van der Waals surface area contributed by atoms with Gasteiger partial charge in [0.2, 0.25) is 5.91 Å². The van der Waals surface area contributed by atoms with Crippen molar-refractivity contribution in [3.05, 3.63) is 23.8 Å². The van der Waals surface area contributed by atoms with Crippen molar-refractivity contribution in [3.8, 4) is 0 Å². The number of carbonyl (C=O) groups excluding carboxylic acids is 1. The molecule has 0 aliphatic carbocycles. The molecule has 0 heterocycles. The average molecular weight is 293 g/mol. The van der Waals surface area contributed by atoms with Crippen molar-refractivity contribution in [2.24, 2.45) is 5.84 Å². The largest absolute Gasteiger partial charge is 0.416 e. The standard InChI is InChI=1S/C11H14F3N3OS/c1-2-8(10(18)17-16)19-9-4-3-6(5-7(9)15)11(12,13)14/h3-5,8H,2,15-16H2,1H3,(H,17,18). The maximum Gasteiger partial charge on any atom is 0.416 e. The fourth-order valence-electron chi connectivity index (χ4n) is 1.40. The first-order chi connectivity index (χ1) is 8.79. The number of hydrazine groups is 1. The van der Waals surface area contributed by atoms with E-state index in [0.29, 0.717) is 11.3 Å². The van der Waals surface area contributed by atoms with Gasteiger partial charge in [-0.2, -0.15) is 13.2 Å². The van der Waals surface area contributed by atoms with E-state index in [2.05, 4.69) is 0 Å². The summed E-state index contributed by atoms with van der Waals surface area (Å²) in [5, 5.41) is -0.496. The monoisotopic (exact) mass is 293 g/mol. The number of nitrogens with one attached hydrogen (secondary N) is 1. The molecule has 0 aliphatic heterocycles. The molecule has 0 aliphatic rings. The lowest BCUT2D eigenvalue weighted by Crippen LogP contribution is -2.37. The number of rotatable bonds is 4. The molecule has 8 heteroatoms. The van der Waals surface area contributed by atoms with E-state index in [1.54, 1.807) is 6.92 Å². The van der Waals surface area contributed by atoms with Crippen LogP contribution in [0.2, 0.25) is 0 Å². The van der Waals surface area contributed by atoms with Crippen molar-refractivity contribution >= 4 is 23.4 Å². The molecule has 1 atom stereocenters. The molecule has 0 spiro atoms. The fraction of sp³-hybridized carbons (Fsp3) is 0.364. The summed E-state index contributed by atoms with van der Waals surface area (Å²) < 4.78 is 37.4. The molecule has 5 N–H and O–H groups in total. The quantitative estimate of drug-likeness (QED) is 0.261. The molecule has 1 aromatic carbocycles. The molecule has 1 rings (SSSR count). The Morgan fingerprint density at radius 1 is 1.47 bits per heavy atom. The molecule has 0 fully saturated rings. The molecule has 0 saturated heterocycles. The number of carbonyl (C=O) groups is 1. The molecular weight excluding hydrogens is 279 g/mol. The zero-order chi connectivity index (χ0) is 14.6. The minimum absolute atomic E-state index is 0.0110. The molecule has 0 radical (unpaired) electrons. The number of amides is 1. The highest BCUT2D eigenvalue weighted by Gasteiger charge is 2.31. The molecule has 0 aromatic heterocycles. The lowest BCUT2D eigenvalue weighted by molar-refractivity contribution is -0.137. The van der Waals surface area contributed by atoms with E-state index in [0.717, 1.165) is 23.9 Å². The summed E-state index contributed by atoms with van der Waals surface area (Å²) in [6, 6.07) is 3.05. The van der Waals surface area contributed by atoms with Gasteiger partial charge in [0.25, 0.3) is 0 Å². The molecule has 1 amide bonds. The van der Waals surface area contributed by atoms with E-state index in [1.165, 1.54) is 6.07 Å². The summed E-state index contributed by atoms with van der Waals surface area (Å²) in [6.45, 7) is 1.77. The van der Waals surface area contributed by atoms with Crippen molar-refractivity contribution < 1.29 is 18.0 Å². The highest BCUT2D eigenvalue weighted by molar-refractivity contribution is 8.00. The lowest BCUT2D eigenvalue weighted by atomic mass is 10.2. The number of halogens is 3. The minimum Gasteiger partial charge on any atom is -0.398 e. The van der Waals surface area contributed by atoms with Gasteiger partial charge in [0, 0.05) is 10.6 Å². The first-order valence-electron chi connectivity index (χ1n) is 5.43. The zero-order valence-corrected chi connectivity index (χ0v) is 10.9. The van der Waals surface area contributed by atoms with E-state index in [-0.39, 0.29) is 5.69 Å². The normalized spacial score (nSPS) is 13.1. The number of nitrogens with two attached hydrogens (primary N) is 2. The summed E-state index contributed by atoms with van der Waals surface area (Å²) in [6.07, 6.45) is -3.95. The second-order valence-electron chi connectivity index (χ2n) is 3.77. The summed E-state index contributed by atoms with van der Waals surface area (Å²) >= 11 is 1.08. The van der Waals surface area contributed by atoms with Crippen LogP contribution in [0, 0.1) is 0 Å². The Bertz CT molecular complexity index is 465. The highest BCUT2D eigenvalue weighted by Crippen LogP contribution is 2.36. The Balaban J connectivity index is 2.94. The second-order valence-corrected chi connectivity index (χ2v) is 5.02. The second kappa shape index (κ2) is 6.16. The van der Waals surface area contributed by atoms with Gasteiger partial charge >= 0.3 is 6.18 Å². The molecule has 0 saturated carbocycles. The van der Waals surface area contributed by atoms with Gasteiger partial charge in [-0.3, -0.25) is 10.2 Å². The predicted octanol–water partition coefficient (Wildman–Crippen LogP) is 2.15. The van der Waals surface area contributed by atoms with Gasteiger partial charge in [-0.1, -0.05) is 6.92 Å². The SMILES string of the molecule is CCC(Sc1ccc(C(F)(F)F)cc1N)C(=O)NN. The Hall–Kier alpha value is -1.41. The van der Waals surface area contributed by atoms with Crippen molar-refractivity contribution in [3.63, 3.8) is 0 Å². The van der Waals surface area contributed by atoms with E-state index in [4.69, 9.17) is 11.6 Å². The van der Waals surface area contributed by atoms with Gasteiger partial charge in [-0.05, 0) is 24.6 Å². The van der Waals surface area contributed by atoms with Crippen molar-refractivity contribution in [2.75, 3.05) is 5.73 Å². The lowest BCUT2D eigenvalue weighted by Gasteiger charge is -2.15. The van der Waals surface area contributed by atoms with Crippen LogP contribution < -0.4 is 17.0 Å². The third-order valence-corrected chi connectivity index (χ3v) is 3.87. The molecule has 1 aromatic rings. The van der Waals surface area contributed by atoms with E-state index in [1.807, 2.05) is 5.43 Å². The first-order valence-corrected chi connectivity index (χ1v) is 6.31. The summed E-state index contributed by atoms with van der Waals surface area (Å²) in [7, 11) is 0. The van der Waals surface area contributed by atoms with Crippen molar-refractivity contribution in [1.82, 2.24) is 5.43 Å². The van der Waals surface area contributed by atoms with Crippen LogP contribution in [0.1, 0.15) is 18.9 Å². The summed E-state index contributed by atoms with van der Waals surface area (Å²) in [5.74, 6) is 4.63. The average Bonchev–Trinajstić information content (AvgIpc) is 2.35. The third kappa shape index (κ3) is 4.03. The number of thioether (sulfide) groups is 1. The number of benzene rings is 1. The van der Waals surface area contributed by atoms with Crippen LogP contribution in [-0.4, -0.2) is 11.2 Å². The maximum absolute atomic E-state index is 12.5. The number of alkyl halides is 3. The zero-order valence-electron chi connectivity index (χ0n) is 10.1. The predicted molar refractivity (Wildman–Crippen MR) is 68.1 cm³/mol. The van der Waals surface area contributed by atoms with Gasteiger partial charge in [0.05, 0.1) is 10.8 Å². The van der Waals surface area contributed by atoms with Crippen LogP contribution in [-0.2, 0) is 11.0 Å². The molecule has 0 bridgehead atoms. The van der Waals surface area contributed by atoms with Gasteiger partial charge in [0.15, 0.2) is 0 Å². The molecule has 106 valence electrons. The number of anilines is 1. The van der Waals surface area contributed by atoms with Gasteiger partial charge in [-0.25, -0.2) is 5.84 Å². The number of nitrogen functional groups attached to an aromatic ring is 1. The van der Waals surface area contributed by atoms with Crippen LogP contribution in [0.4, 0.5) is 18.9 Å². The van der Waals surface area contributed by atoms with E-state index in [9.17, 15) is 18.0 Å². The molecule has 1 unspecified atom stereocenters. The van der Waals surface area contributed by atoms with Crippen molar-refractivity contribution in [2.45, 2.75) is 29.7 Å². The van der Waals surface area contributed by atoms with Crippen molar-refractivity contribution in [1.29, 1.82) is 0 Å². The van der Waals surface area contributed by atoms with Gasteiger partial charge in [0.1, 0.15) is 0 Å². The molecular formula is C11H14F3N3OS. The van der Waals surface area contributed by atoms with Crippen LogP contribution in [0.5, 0.6) is 0 Å². The van der Waals surface area contributed by atoms with Crippen LogP contribution >= 0.6 is 11.8 Å². The van der Waals surface area contributed by atoms with Gasteiger partial charge in [-0.15, -0.1) is 11.8 Å². The van der Waals surface area contributed by atoms with E-state index >= 15 is 0 Å². The smallest absolute Gasteiger partial charge is 0.398 e. The Labute approximate surface area is 112 Å². The Morgan fingerprint density at radius 3 is 2.53 bits per heavy atom. The first kappa shape index (κ1) is 15.6. The minimum atomic E-state index is -4.43. The summed E-state index contributed by atoms with van der Waals surface area (Å²) in [5.41, 5.74) is 6.76. The topological polar surface area (TPSA) is 81.1 Å². The van der Waals surface area contributed by atoms with Crippen LogP contribution in [0.25, 0.3) is 0 Å². The number of hydrogen-bond acceptors (Lipinski definition) is 4. The third-order valence-electron chi connectivity index (χ3n) is 2.41. The Kier molecular flexibility index (Phi) is 5.07. The summed E-state index contributed by atoms with van der Waals surface area (Å²) in [4.78, 5) is 11.8. The van der Waals surface area contributed by atoms with Crippen LogP contribution in [0.15, 0.2) is 23.1 Å². The van der Waals surface area contributed by atoms with Gasteiger partial charge < -0.3 is 5.73 Å². The van der Waals surface area contributed by atoms with E-state index < -0.39 is 22.9 Å². The number of hydrogen-bond donors (Lipinski definition) is 3. The Morgan fingerprint density at radius 2 is 2.11 bits per heavy atom. The highest BCUT2D eigenvalue weighted by atomic mass is 32.2. The molecule has 4 nitrogen and oxygen atoms in total. The fourth-order valence-corrected chi connectivity index (χ4v) is 2.39. The van der Waals surface area contributed by atoms with Crippen LogP contribution in [0.3, 0.4) is 0 Å². The molecule has 19 heavy (non-hydrogen) atoms.